The number of hydrogen-bond donors (Lipinski definition) is 1. The molecule has 0 radical (unpaired) electrons. The van der Waals surface area contributed by atoms with Crippen molar-refractivity contribution in [1.29, 1.82) is 0 Å². The van der Waals surface area contributed by atoms with E-state index >= 15 is 0 Å². The number of likely N-dealkylation sites (N-methyl/N-ethyl adjacent to an activating group) is 1. The summed E-state index contributed by atoms with van der Waals surface area (Å²) in [6, 6.07) is 10.8. The summed E-state index contributed by atoms with van der Waals surface area (Å²) in [5.41, 5.74) is 0.779. The second-order valence-electron chi connectivity index (χ2n) is 7.47. The minimum absolute atomic E-state index is 0.257. The van der Waals surface area contributed by atoms with Crippen LogP contribution in [-0.4, -0.2) is 53.1 Å². The molecule has 0 bridgehead atoms. The van der Waals surface area contributed by atoms with Crippen molar-refractivity contribution in [2.45, 2.75) is 19.9 Å². The average Bonchev–Trinajstić information content (AvgIpc) is 2.93. The van der Waals surface area contributed by atoms with E-state index in [2.05, 4.69) is 5.32 Å². The molecule has 0 saturated heterocycles. The molecule has 1 N–H and O–H groups in total. The Balaban J connectivity index is 1.75. The molecular formula is C22H22FN3O4. The number of halogens is 1. The second-order valence-corrected chi connectivity index (χ2v) is 7.47. The molecule has 30 heavy (non-hydrogen) atoms. The molecule has 0 aliphatic carbocycles. The molecule has 2 aromatic rings. The van der Waals surface area contributed by atoms with E-state index in [-0.39, 0.29) is 29.3 Å². The number of benzene rings is 2. The van der Waals surface area contributed by atoms with Gasteiger partial charge in [0.15, 0.2) is 0 Å². The Hall–Kier alpha value is -3.55. The zero-order chi connectivity index (χ0) is 22.0. The minimum atomic E-state index is -1.05. The number of nitrogens with one attached hydrogen (secondary N) is 1. The first kappa shape index (κ1) is 21.2. The van der Waals surface area contributed by atoms with Crippen molar-refractivity contribution in [3.05, 3.63) is 65.5 Å². The van der Waals surface area contributed by atoms with Gasteiger partial charge in [0.25, 0.3) is 11.8 Å². The molecule has 0 saturated carbocycles. The highest BCUT2D eigenvalue weighted by Gasteiger charge is 2.44. The summed E-state index contributed by atoms with van der Waals surface area (Å²) in [6.07, 6.45) is 0. The van der Waals surface area contributed by atoms with Crippen molar-refractivity contribution in [1.82, 2.24) is 9.80 Å². The Morgan fingerprint density at radius 3 is 2.17 bits per heavy atom. The van der Waals surface area contributed by atoms with Crippen molar-refractivity contribution in [3.63, 3.8) is 0 Å². The summed E-state index contributed by atoms with van der Waals surface area (Å²) < 4.78 is 13.3. The highest BCUT2D eigenvalue weighted by Crippen LogP contribution is 2.27. The van der Waals surface area contributed by atoms with Crippen LogP contribution in [-0.2, 0) is 9.59 Å². The average molecular weight is 411 g/mol. The molecule has 8 heteroatoms. The van der Waals surface area contributed by atoms with Crippen LogP contribution in [0, 0.1) is 11.7 Å². The highest BCUT2D eigenvalue weighted by atomic mass is 19.1. The van der Waals surface area contributed by atoms with Crippen LogP contribution >= 0.6 is 0 Å². The lowest BCUT2D eigenvalue weighted by molar-refractivity contribution is -0.138. The number of fused-ring (bicyclic) bond motifs is 1. The quantitative estimate of drug-likeness (QED) is 0.740. The Kier molecular flexibility index (Phi) is 5.96. The molecule has 1 atom stereocenters. The second kappa shape index (κ2) is 8.44. The van der Waals surface area contributed by atoms with Crippen molar-refractivity contribution in [2.24, 2.45) is 5.92 Å². The maximum Gasteiger partial charge on any atom is 0.262 e. The van der Waals surface area contributed by atoms with Crippen molar-refractivity contribution < 1.29 is 23.6 Å². The summed E-state index contributed by atoms with van der Waals surface area (Å²) in [5, 5.41) is 2.52. The van der Waals surface area contributed by atoms with Crippen molar-refractivity contribution in [3.8, 4) is 0 Å². The third-order valence-corrected chi connectivity index (χ3v) is 4.85. The lowest BCUT2D eigenvalue weighted by Gasteiger charge is -2.31. The number of amides is 4. The van der Waals surface area contributed by atoms with Gasteiger partial charge in [-0.15, -0.1) is 0 Å². The maximum atomic E-state index is 13.3. The molecule has 156 valence electrons. The predicted octanol–water partition coefficient (Wildman–Crippen LogP) is 2.54. The lowest BCUT2D eigenvalue weighted by Crippen LogP contribution is -2.53. The van der Waals surface area contributed by atoms with Gasteiger partial charge >= 0.3 is 0 Å². The molecule has 1 aliphatic heterocycles. The first-order valence-corrected chi connectivity index (χ1v) is 9.48. The molecule has 3 rings (SSSR count). The van der Waals surface area contributed by atoms with E-state index in [1.807, 2.05) is 0 Å². The number of carbonyl (C=O) groups excluding carboxylic acids is 4. The first-order chi connectivity index (χ1) is 14.2. The zero-order valence-corrected chi connectivity index (χ0v) is 16.9. The molecular weight excluding hydrogens is 389 g/mol. The summed E-state index contributed by atoms with van der Waals surface area (Å²) in [6.45, 7) is 3.14. The first-order valence-electron chi connectivity index (χ1n) is 9.48. The molecule has 4 amide bonds. The molecule has 1 aliphatic rings. The van der Waals surface area contributed by atoms with Crippen LogP contribution in [0.2, 0.25) is 0 Å². The van der Waals surface area contributed by atoms with Crippen LogP contribution in [0.25, 0.3) is 0 Å². The summed E-state index contributed by atoms with van der Waals surface area (Å²) >= 11 is 0. The van der Waals surface area contributed by atoms with E-state index in [1.54, 1.807) is 38.1 Å². The van der Waals surface area contributed by atoms with Crippen LogP contribution in [0.1, 0.15) is 34.6 Å². The van der Waals surface area contributed by atoms with Gasteiger partial charge in [0.2, 0.25) is 11.8 Å². The number of imide groups is 1. The van der Waals surface area contributed by atoms with Gasteiger partial charge in [0, 0.05) is 12.7 Å². The van der Waals surface area contributed by atoms with E-state index in [0.717, 1.165) is 15.9 Å². The number of anilines is 1. The molecule has 0 spiro atoms. The molecule has 0 aromatic heterocycles. The minimum Gasteiger partial charge on any atom is -0.335 e. The van der Waals surface area contributed by atoms with Gasteiger partial charge in [-0.05, 0) is 36.2 Å². The number of carbonyl (C=O) groups is 4. The third kappa shape index (κ3) is 4.07. The number of rotatable bonds is 6. The SMILES string of the molecule is CC(C)[C@@H](C(=O)N(C)CC(=O)Nc1cccc(F)c1)N1C(=O)c2ccccc2C1=O. The van der Waals surface area contributed by atoms with Gasteiger partial charge < -0.3 is 10.2 Å². The molecule has 2 aromatic carbocycles. The number of hydrogen-bond acceptors (Lipinski definition) is 4. The van der Waals surface area contributed by atoms with E-state index in [0.29, 0.717) is 0 Å². The fourth-order valence-corrected chi connectivity index (χ4v) is 3.44. The lowest BCUT2D eigenvalue weighted by atomic mass is 10.0. The van der Waals surface area contributed by atoms with Gasteiger partial charge in [0.1, 0.15) is 11.9 Å². The topological polar surface area (TPSA) is 86.8 Å². The van der Waals surface area contributed by atoms with Gasteiger partial charge in [0.05, 0.1) is 17.7 Å². The zero-order valence-electron chi connectivity index (χ0n) is 16.9. The van der Waals surface area contributed by atoms with E-state index in [4.69, 9.17) is 0 Å². The summed E-state index contributed by atoms with van der Waals surface area (Å²) in [7, 11) is 1.42. The largest absolute Gasteiger partial charge is 0.335 e. The van der Waals surface area contributed by atoms with Crippen LogP contribution in [0.3, 0.4) is 0 Å². The Morgan fingerprint density at radius 2 is 1.63 bits per heavy atom. The Labute approximate surface area is 173 Å². The Morgan fingerprint density at radius 1 is 1.03 bits per heavy atom. The fourth-order valence-electron chi connectivity index (χ4n) is 3.44. The van der Waals surface area contributed by atoms with Gasteiger partial charge in [-0.25, -0.2) is 4.39 Å². The third-order valence-electron chi connectivity index (χ3n) is 4.85. The van der Waals surface area contributed by atoms with Gasteiger partial charge in [-0.2, -0.15) is 0 Å². The fraction of sp³-hybridized carbons (Fsp3) is 0.273. The van der Waals surface area contributed by atoms with Gasteiger partial charge in [-0.1, -0.05) is 32.0 Å². The van der Waals surface area contributed by atoms with Crippen LogP contribution in [0.15, 0.2) is 48.5 Å². The maximum absolute atomic E-state index is 13.3. The predicted molar refractivity (Wildman–Crippen MR) is 108 cm³/mol. The van der Waals surface area contributed by atoms with E-state index in [1.165, 1.54) is 25.2 Å². The van der Waals surface area contributed by atoms with Crippen LogP contribution in [0.4, 0.5) is 10.1 Å². The molecule has 0 fully saturated rings. The molecule has 1 heterocycles. The summed E-state index contributed by atoms with van der Waals surface area (Å²) in [4.78, 5) is 53.1. The molecule has 7 nitrogen and oxygen atoms in total. The smallest absolute Gasteiger partial charge is 0.262 e. The van der Waals surface area contributed by atoms with E-state index in [9.17, 15) is 23.6 Å². The van der Waals surface area contributed by atoms with Crippen molar-refractivity contribution in [2.75, 3.05) is 18.9 Å². The molecule has 0 unspecified atom stereocenters. The van der Waals surface area contributed by atoms with Crippen LogP contribution < -0.4 is 5.32 Å². The number of nitrogens with zero attached hydrogens (tertiary/aromatic N) is 2. The standard InChI is InChI=1S/C22H22FN3O4/c1-13(2)19(26-20(28)16-9-4-5-10-17(16)21(26)29)22(30)25(3)12-18(27)24-15-8-6-7-14(23)11-15/h4-11,13,19H,12H2,1-3H3,(H,24,27)/t19-/m0/s1. The summed E-state index contributed by atoms with van der Waals surface area (Å²) in [5.74, 6) is -2.98. The van der Waals surface area contributed by atoms with E-state index < -0.39 is 35.5 Å². The Bertz CT molecular complexity index is 986. The van der Waals surface area contributed by atoms with Crippen molar-refractivity contribution >= 4 is 29.3 Å². The van der Waals surface area contributed by atoms with Gasteiger partial charge in [-0.3, -0.25) is 24.1 Å². The monoisotopic (exact) mass is 411 g/mol. The normalized spacial score (nSPS) is 14.0. The van der Waals surface area contributed by atoms with Crippen LogP contribution in [0.5, 0.6) is 0 Å². The highest BCUT2D eigenvalue weighted by molar-refractivity contribution is 6.22.